The average Bonchev–Trinajstić information content (AvgIpc) is 3.08. The van der Waals surface area contributed by atoms with Gasteiger partial charge in [0.1, 0.15) is 5.75 Å². The molecular formula is C18H15NO2. The number of aromatic amines is 1. The van der Waals surface area contributed by atoms with Crippen LogP contribution in [0.2, 0.25) is 0 Å². The molecule has 0 saturated carbocycles. The summed E-state index contributed by atoms with van der Waals surface area (Å²) < 4.78 is 5.32. The highest BCUT2D eigenvalue weighted by atomic mass is 16.5. The Morgan fingerprint density at radius 2 is 2.00 bits per heavy atom. The molecular weight excluding hydrogens is 262 g/mol. The molecule has 104 valence electrons. The summed E-state index contributed by atoms with van der Waals surface area (Å²) in [6.07, 6.45) is 2.56. The molecule has 1 atom stereocenters. The first-order valence-corrected chi connectivity index (χ1v) is 7.05. The van der Waals surface area contributed by atoms with Crippen molar-refractivity contribution in [3.05, 3.63) is 65.4 Å². The first-order valence-electron chi connectivity index (χ1n) is 7.05. The molecule has 0 amide bonds. The third-order valence-corrected chi connectivity index (χ3v) is 4.32. The lowest BCUT2D eigenvalue weighted by Crippen LogP contribution is -1.95. The smallest absolute Gasteiger partial charge is 0.164 e. The standard InChI is InChI=1S/C18H15NO2/c1-21-11-6-7-17-15(8-11)16(10-19-17)14-9-18(20)13-5-3-2-4-12(13)14/h2-8,10,14,19H,9H2,1H3. The molecule has 1 aliphatic rings. The summed E-state index contributed by atoms with van der Waals surface area (Å²) in [6, 6.07) is 13.9. The number of aromatic nitrogens is 1. The molecule has 21 heavy (non-hydrogen) atoms. The normalized spacial score (nSPS) is 17.2. The number of carbonyl (C=O) groups excluding carboxylic acids is 1. The molecule has 0 radical (unpaired) electrons. The van der Waals surface area contributed by atoms with Crippen LogP contribution in [0, 0.1) is 0 Å². The van der Waals surface area contributed by atoms with E-state index in [-0.39, 0.29) is 11.7 Å². The Morgan fingerprint density at radius 1 is 1.14 bits per heavy atom. The zero-order valence-corrected chi connectivity index (χ0v) is 11.7. The number of benzene rings is 2. The van der Waals surface area contributed by atoms with Crippen molar-refractivity contribution in [2.75, 3.05) is 7.11 Å². The van der Waals surface area contributed by atoms with Gasteiger partial charge < -0.3 is 9.72 Å². The van der Waals surface area contributed by atoms with E-state index >= 15 is 0 Å². The number of rotatable bonds is 2. The number of nitrogens with one attached hydrogen (secondary N) is 1. The van der Waals surface area contributed by atoms with Crippen molar-refractivity contribution in [1.29, 1.82) is 0 Å². The highest BCUT2D eigenvalue weighted by Crippen LogP contribution is 2.41. The number of hydrogen-bond acceptors (Lipinski definition) is 2. The van der Waals surface area contributed by atoms with Gasteiger partial charge in [-0.3, -0.25) is 4.79 Å². The fraction of sp³-hybridized carbons (Fsp3) is 0.167. The van der Waals surface area contributed by atoms with E-state index in [9.17, 15) is 4.79 Å². The number of H-pyrrole nitrogens is 1. The van der Waals surface area contributed by atoms with E-state index in [1.807, 2.05) is 42.6 Å². The third kappa shape index (κ3) is 1.77. The molecule has 0 saturated heterocycles. The molecule has 1 heterocycles. The quantitative estimate of drug-likeness (QED) is 0.772. The lowest BCUT2D eigenvalue weighted by molar-refractivity contribution is 0.0991. The number of ether oxygens (including phenoxy) is 1. The van der Waals surface area contributed by atoms with Gasteiger partial charge in [-0.15, -0.1) is 0 Å². The van der Waals surface area contributed by atoms with Gasteiger partial charge in [-0.05, 0) is 29.3 Å². The predicted molar refractivity (Wildman–Crippen MR) is 82.1 cm³/mol. The van der Waals surface area contributed by atoms with E-state index in [2.05, 4.69) is 11.1 Å². The molecule has 1 aromatic heterocycles. The molecule has 3 nitrogen and oxygen atoms in total. The summed E-state index contributed by atoms with van der Waals surface area (Å²) in [7, 11) is 1.67. The zero-order valence-electron chi connectivity index (χ0n) is 11.7. The Labute approximate surface area is 122 Å². The lowest BCUT2D eigenvalue weighted by atomic mass is 9.92. The first-order chi connectivity index (χ1) is 10.3. The summed E-state index contributed by atoms with van der Waals surface area (Å²) in [4.78, 5) is 15.5. The van der Waals surface area contributed by atoms with Crippen LogP contribution in [0.1, 0.15) is 33.8 Å². The van der Waals surface area contributed by atoms with Gasteiger partial charge in [0.2, 0.25) is 0 Å². The summed E-state index contributed by atoms with van der Waals surface area (Å²) in [5, 5.41) is 1.13. The van der Waals surface area contributed by atoms with Gasteiger partial charge in [-0.1, -0.05) is 24.3 Å². The minimum Gasteiger partial charge on any atom is -0.497 e. The molecule has 0 fully saturated rings. The van der Waals surface area contributed by atoms with Gasteiger partial charge >= 0.3 is 0 Å². The fourth-order valence-corrected chi connectivity index (χ4v) is 3.27. The molecule has 1 N–H and O–H groups in total. The molecule has 0 bridgehead atoms. The minimum atomic E-state index is 0.134. The third-order valence-electron chi connectivity index (χ3n) is 4.32. The van der Waals surface area contributed by atoms with Crippen LogP contribution in [0.25, 0.3) is 10.9 Å². The van der Waals surface area contributed by atoms with Crippen molar-refractivity contribution in [3.8, 4) is 5.75 Å². The monoisotopic (exact) mass is 277 g/mol. The van der Waals surface area contributed by atoms with E-state index in [0.29, 0.717) is 6.42 Å². The van der Waals surface area contributed by atoms with Gasteiger partial charge in [0.25, 0.3) is 0 Å². The topological polar surface area (TPSA) is 42.1 Å². The van der Waals surface area contributed by atoms with Gasteiger partial charge in [0, 0.05) is 35.0 Å². The summed E-state index contributed by atoms with van der Waals surface area (Å²) in [5.74, 6) is 1.20. The van der Waals surface area contributed by atoms with Crippen molar-refractivity contribution < 1.29 is 9.53 Å². The maximum absolute atomic E-state index is 12.2. The van der Waals surface area contributed by atoms with Crippen LogP contribution in [-0.2, 0) is 0 Å². The summed E-state index contributed by atoms with van der Waals surface area (Å²) in [6.45, 7) is 0. The Kier molecular flexibility index (Phi) is 2.61. The Bertz CT molecular complexity index is 847. The fourth-order valence-electron chi connectivity index (χ4n) is 3.27. The molecule has 4 rings (SSSR count). The van der Waals surface area contributed by atoms with Crippen molar-refractivity contribution in [1.82, 2.24) is 4.98 Å². The van der Waals surface area contributed by atoms with Crippen LogP contribution in [0.3, 0.4) is 0 Å². The molecule has 1 aliphatic carbocycles. The lowest BCUT2D eigenvalue weighted by Gasteiger charge is -2.10. The van der Waals surface area contributed by atoms with Gasteiger partial charge in [-0.25, -0.2) is 0 Å². The number of methoxy groups -OCH3 is 1. The second-order valence-corrected chi connectivity index (χ2v) is 5.42. The SMILES string of the molecule is COc1ccc2[nH]cc(C3CC(=O)c4ccccc43)c2c1. The summed E-state index contributed by atoms with van der Waals surface area (Å²) in [5.41, 5.74) is 4.23. The predicted octanol–water partition coefficient (Wildman–Crippen LogP) is 3.89. The molecule has 0 spiro atoms. The van der Waals surface area contributed by atoms with Crippen molar-refractivity contribution in [2.24, 2.45) is 0 Å². The molecule has 3 aromatic rings. The van der Waals surface area contributed by atoms with Crippen molar-refractivity contribution >= 4 is 16.7 Å². The Hall–Kier alpha value is -2.55. The minimum absolute atomic E-state index is 0.134. The number of Topliss-reactive ketones (excluding diaryl/α,β-unsaturated/α-hetero) is 1. The van der Waals surface area contributed by atoms with Crippen molar-refractivity contribution in [2.45, 2.75) is 12.3 Å². The van der Waals surface area contributed by atoms with Crippen LogP contribution in [-0.4, -0.2) is 17.9 Å². The largest absolute Gasteiger partial charge is 0.497 e. The second-order valence-electron chi connectivity index (χ2n) is 5.42. The Morgan fingerprint density at radius 3 is 2.86 bits per heavy atom. The number of fused-ring (bicyclic) bond motifs is 2. The zero-order chi connectivity index (χ0) is 14.4. The van der Waals surface area contributed by atoms with Crippen LogP contribution >= 0.6 is 0 Å². The number of ketones is 1. The van der Waals surface area contributed by atoms with Crippen LogP contribution in [0.15, 0.2) is 48.7 Å². The second kappa shape index (κ2) is 4.48. The number of hydrogen-bond donors (Lipinski definition) is 1. The van der Waals surface area contributed by atoms with Crippen LogP contribution < -0.4 is 4.74 Å². The van der Waals surface area contributed by atoms with Crippen molar-refractivity contribution in [3.63, 3.8) is 0 Å². The van der Waals surface area contributed by atoms with E-state index in [1.165, 1.54) is 5.56 Å². The molecule has 3 heteroatoms. The summed E-state index contributed by atoms with van der Waals surface area (Å²) >= 11 is 0. The van der Waals surface area contributed by atoms with Gasteiger partial charge in [0.05, 0.1) is 7.11 Å². The highest BCUT2D eigenvalue weighted by Gasteiger charge is 2.31. The maximum atomic E-state index is 12.2. The molecule has 0 aliphatic heterocycles. The average molecular weight is 277 g/mol. The van der Waals surface area contributed by atoms with E-state index in [4.69, 9.17) is 4.74 Å². The number of carbonyl (C=O) groups is 1. The molecule has 1 unspecified atom stereocenters. The van der Waals surface area contributed by atoms with Crippen LogP contribution in [0.5, 0.6) is 5.75 Å². The highest BCUT2D eigenvalue weighted by molar-refractivity contribution is 6.02. The van der Waals surface area contributed by atoms with E-state index < -0.39 is 0 Å². The van der Waals surface area contributed by atoms with E-state index in [0.717, 1.165) is 27.8 Å². The van der Waals surface area contributed by atoms with Crippen LogP contribution in [0.4, 0.5) is 0 Å². The Balaban J connectivity index is 1.90. The molecule has 2 aromatic carbocycles. The van der Waals surface area contributed by atoms with Gasteiger partial charge in [0.15, 0.2) is 5.78 Å². The maximum Gasteiger partial charge on any atom is 0.164 e. The van der Waals surface area contributed by atoms with E-state index in [1.54, 1.807) is 7.11 Å². The van der Waals surface area contributed by atoms with Gasteiger partial charge in [-0.2, -0.15) is 0 Å². The first kappa shape index (κ1) is 12.2.